The highest BCUT2D eigenvalue weighted by Gasteiger charge is 2.10. The van der Waals surface area contributed by atoms with Crippen molar-refractivity contribution in [2.24, 2.45) is 0 Å². The first kappa shape index (κ1) is 15.9. The number of hydrogen-bond donors (Lipinski definition) is 2. The number of aliphatic hydroxyl groups excluding tert-OH is 1. The lowest BCUT2D eigenvalue weighted by molar-refractivity contribution is 0.0601. The maximum absolute atomic E-state index is 11.4. The number of rotatable bonds is 4. The molecule has 0 spiro atoms. The Morgan fingerprint density at radius 2 is 2.05 bits per heavy atom. The Morgan fingerprint density at radius 1 is 1.27 bits per heavy atom. The number of aliphatic hydroxyl groups is 1. The van der Waals surface area contributed by atoms with E-state index in [0.29, 0.717) is 22.6 Å². The molecule has 0 saturated carbocycles. The summed E-state index contributed by atoms with van der Waals surface area (Å²) in [6, 6.07) is 11.3. The van der Waals surface area contributed by atoms with E-state index in [1.807, 2.05) is 0 Å². The van der Waals surface area contributed by atoms with Crippen LogP contribution in [0, 0.1) is 0 Å². The Balaban J connectivity index is 2.16. The molecule has 4 nitrogen and oxygen atoms in total. The number of aromatic hydroxyl groups is 1. The second-order valence-corrected chi connectivity index (χ2v) is 5.06. The van der Waals surface area contributed by atoms with Gasteiger partial charge in [-0.15, -0.1) is 0 Å². The minimum atomic E-state index is -0.491. The van der Waals surface area contributed by atoms with Crippen molar-refractivity contribution in [3.63, 3.8) is 0 Å². The van der Waals surface area contributed by atoms with Crippen molar-refractivity contribution in [2.75, 3.05) is 7.11 Å². The first-order valence-corrected chi connectivity index (χ1v) is 6.94. The fourth-order valence-corrected chi connectivity index (χ4v) is 2.24. The number of phenolic OH excluding ortho intramolecular Hbond substituents is 1. The van der Waals surface area contributed by atoms with E-state index in [0.717, 1.165) is 5.56 Å². The molecule has 22 heavy (non-hydrogen) atoms. The van der Waals surface area contributed by atoms with Crippen LogP contribution in [-0.2, 0) is 11.2 Å². The second-order valence-electron chi connectivity index (χ2n) is 4.65. The first-order chi connectivity index (χ1) is 10.5. The smallest absolute Gasteiger partial charge is 0.339 e. The Morgan fingerprint density at radius 3 is 2.68 bits per heavy atom. The minimum absolute atomic E-state index is 0.0593. The van der Waals surface area contributed by atoms with E-state index in [1.54, 1.807) is 36.4 Å². The second kappa shape index (κ2) is 7.00. The Bertz CT molecular complexity index is 722. The molecule has 0 unspecified atom stereocenters. The van der Waals surface area contributed by atoms with Crippen LogP contribution >= 0.6 is 11.6 Å². The van der Waals surface area contributed by atoms with Gasteiger partial charge in [0.05, 0.1) is 17.7 Å². The summed E-state index contributed by atoms with van der Waals surface area (Å²) in [5.74, 6) is -0.346. The van der Waals surface area contributed by atoms with E-state index in [1.165, 1.54) is 19.2 Å². The highest BCUT2D eigenvalue weighted by Crippen LogP contribution is 2.21. The van der Waals surface area contributed by atoms with Crippen molar-refractivity contribution in [1.29, 1.82) is 0 Å². The van der Waals surface area contributed by atoms with Gasteiger partial charge in [0, 0.05) is 5.56 Å². The molecule has 0 fully saturated rings. The van der Waals surface area contributed by atoms with E-state index in [4.69, 9.17) is 11.6 Å². The van der Waals surface area contributed by atoms with Gasteiger partial charge in [0.2, 0.25) is 0 Å². The van der Waals surface area contributed by atoms with Gasteiger partial charge in [-0.1, -0.05) is 29.8 Å². The van der Waals surface area contributed by atoms with Gasteiger partial charge in [-0.3, -0.25) is 0 Å². The molecule has 0 aromatic heterocycles. The van der Waals surface area contributed by atoms with Crippen LogP contribution in [0.2, 0.25) is 5.02 Å². The van der Waals surface area contributed by atoms with Crippen molar-refractivity contribution >= 4 is 23.3 Å². The van der Waals surface area contributed by atoms with Crippen LogP contribution in [0.15, 0.2) is 48.5 Å². The van der Waals surface area contributed by atoms with Crippen LogP contribution in [0.1, 0.15) is 21.5 Å². The van der Waals surface area contributed by atoms with Crippen LogP contribution in [0.25, 0.3) is 5.76 Å². The van der Waals surface area contributed by atoms with Crippen molar-refractivity contribution in [2.45, 2.75) is 6.42 Å². The molecule has 0 bridgehead atoms. The monoisotopic (exact) mass is 318 g/mol. The zero-order valence-corrected chi connectivity index (χ0v) is 12.7. The van der Waals surface area contributed by atoms with Crippen LogP contribution in [0.3, 0.4) is 0 Å². The van der Waals surface area contributed by atoms with Gasteiger partial charge in [0.15, 0.2) is 0 Å². The third kappa shape index (κ3) is 3.80. The Kier molecular flexibility index (Phi) is 5.07. The van der Waals surface area contributed by atoms with Crippen LogP contribution < -0.4 is 0 Å². The zero-order chi connectivity index (χ0) is 16.1. The molecule has 2 rings (SSSR count). The summed E-state index contributed by atoms with van der Waals surface area (Å²) in [5, 5.41) is 19.7. The zero-order valence-electron chi connectivity index (χ0n) is 11.9. The predicted octanol–water partition coefficient (Wildman–Crippen LogP) is 3.97. The predicted molar refractivity (Wildman–Crippen MR) is 85.2 cm³/mol. The minimum Gasteiger partial charge on any atom is -0.508 e. The fourth-order valence-electron chi connectivity index (χ4n) is 1.96. The van der Waals surface area contributed by atoms with E-state index in [9.17, 15) is 15.0 Å². The average molecular weight is 319 g/mol. The lowest BCUT2D eigenvalue weighted by atomic mass is 10.1. The normalized spacial score (nSPS) is 11.3. The van der Waals surface area contributed by atoms with Gasteiger partial charge in [0.1, 0.15) is 11.5 Å². The van der Waals surface area contributed by atoms with Crippen molar-refractivity contribution in [1.82, 2.24) is 0 Å². The molecule has 0 aliphatic rings. The summed E-state index contributed by atoms with van der Waals surface area (Å²) in [6.45, 7) is 0. The number of esters is 1. The summed E-state index contributed by atoms with van der Waals surface area (Å²) in [6.07, 6.45) is 2.04. The summed E-state index contributed by atoms with van der Waals surface area (Å²) >= 11 is 6.04. The van der Waals surface area contributed by atoms with E-state index < -0.39 is 5.97 Å². The molecule has 0 radical (unpaired) electrons. The molecule has 0 saturated heterocycles. The number of ether oxygens (including phenoxy) is 1. The largest absolute Gasteiger partial charge is 0.508 e. The molecule has 2 aromatic carbocycles. The average Bonchev–Trinajstić information content (AvgIpc) is 2.52. The van der Waals surface area contributed by atoms with E-state index in [2.05, 4.69) is 4.74 Å². The van der Waals surface area contributed by atoms with Gasteiger partial charge in [-0.05, 0) is 42.3 Å². The molecule has 0 aliphatic carbocycles. The summed E-state index contributed by atoms with van der Waals surface area (Å²) < 4.78 is 4.63. The number of hydrogen-bond acceptors (Lipinski definition) is 4. The molecule has 114 valence electrons. The van der Waals surface area contributed by atoms with Crippen molar-refractivity contribution in [3.8, 4) is 5.75 Å². The van der Waals surface area contributed by atoms with Gasteiger partial charge in [-0.25, -0.2) is 4.79 Å². The summed E-state index contributed by atoms with van der Waals surface area (Å²) in [7, 11) is 1.29. The molecule has 0 atom stereocenters. The van der Waals surface area contributed by atoms with Crippen molar-refractivity contribution in [3.05, 3.63) is 70.3 Å². The third-order valence-corrected chi connectivity index (χ3v) is 3.42. The SMILES string of the molecule is COC(=O)c1ccc(CC=C(O)c2cccc(O)c2)cc1Cl. The van der Waals surface area contributed by atoms with Gasteiger partial charge < -0.3 is 14.9 Å². The maximum atomic E-state index is 11.4. The lowest BCUT2D eigenvalue weighted by Crippen LogP contribution is -2.02. The highest BCUT2D eigenvalue weighted by atomic mass is 35.5. The number of allylic oxidation sites excluding steroid dienone is 1. The van der Waals surface area contributed by atoms with E-state index in [-0.39, 0.29) is 11.5 Å². The number of benzene rings is 2. The number of carbonyl (C=O) groups excluding carboxylic acids is 1. The first-order valence-electron chi connectivity index (χ1n) is 6.56. The highest BCUT2D eigenvalue weighted by molar-refractivity contribution is 6.33. The molecule has 5 heteroatoms. The summed E-state index contributed by atoms with van der Waals surface area (Å²) in [4.78, 5) is 11.4. The number of carbonyl (C=O) groups is 1. The molecular formula is C17H15ClO4. The molecule has 2 N–H and O–H groups in total. The molecule has 0 amide bonds. The topological polar surface area (TPSA) is 66.8 Å². The lowest BCUT2D eigenvalue weighted by Gasteiger charge is -2.05. The summed E-state index contributed by atoms with van der Waals surface area (Å²) in [5.41, 5.74) is 1.66. The Labute approximate surface area is 133 Å². The van der Waals surface area contributed by atoms with Crippen molar-refractivity contribution < 1.29 is 19.7 Å². The standard InChI is InChI=1S/C17H15ClO4/c1-22-17(21)14-7-5-11(9-15(14)18)6-8-16(20)12-3-2-4-13(19)10-12/h2-5,7-10,19-20H,6H2,1H3. The van der Waals surface area contributed by atoms with Crippen LogP contribution in [0.4, 0.5) is 0 Å². The maximum Gasteiger partial charge on any atom is 0.339 e. The quantitative estimate of drug-likeness (QED) is 0.661. The van der Waals surface area contributed by atoms with E-state index >= 15 is 0 Å². The molecule has 0 aliphatic heterocycles. The van der Waals surface area contributed by atoms with Crippen LogP contribution in [0.5, 0.6) is 5.75 Å². The molecule has 0 heterocycles. The number of phenols is 1. The fraction of sp³-hybridized carbons (Fsp3) is 0.118. The van der Waals surface area contributed by atoms with Gasteiger partial charge in [-0.2, -0.15) is 0 Å². The number of halogens is 1. The van der Waals surface area contributed by atoms with Gasteiger partial charge >= 0.3 is 5.97 Å². The van der Waals surface area contributed by atoms with Gasteiger partial charge in [0.25, 0.3) is 0 Å². The Hall–Kier alpha value is -2.46. The molecule has 2 aromatic rings. The number of methoxy groups -OCH3 is 1. The third-order valence-electron chi connectivity index (χ3n) is 3.11. The van der Waals surface area contributed by atoms with Crippen LogP contribution in [-0.4, -0.2) is 23.3 Å². The molecular weight excluding hydrogens is 304 g/mol.